The Bertz CT molecular complexity index is 285. The summed E-state index contributed by atoms with van der Waals surface area (Å²) in [6, 6.07) is 0.469. The van der Waals surface area contributed by atoms with Gasteiger partial charge in [0.2, 0.25) is 0 Å². The molecule has 0 aromatic carbocycles. The van der Waals surface area contributed by atoms with E-state index in [1.54, 1.807) is 0 Å². The van der Waals surface area contributed by atoms with Gasteiger partial charge >= 0.3 is 0 Å². The summed E-state index contributed by atoms with van der Waals surface area (Å²) in [6.07, 6.45) is 5.13. The molecule has 0 bridgehead atoms. The third kappa shape index (κ3) is 1.24. The Balaban J connectivity index is 2.25. The van der Waals surface area contributed by atoms with Crippen LogP contribution in [0.5, 0.6) is 0 Å². The lowest BCUT2D eigenvalue weighted by Gasteiger charge is -2.16. The van der Waals surface area contributed by atoms with Crippen LogP contribution in [0.2, 0.25) is 0 Å². The number of anilines is 1. The van der Waals surface area contributed by atoms with Crippen molar-refractivity contribution < 1.29 is 4.39 Å². The zero-order chi connectivity index (χ0) is 8.55. The lowest BCUT2D eigenvalue weighted by atomic mass is 10.5. The maximum absolute atomic E-state index is 13.0. The molecule has 1 aromatic rings. The fourth-order valence-electron chi connectivity index (χ4n) is 1.19. The second-order valence-corrected chi connectivity index (χ2v) is 3.01. The van der Waals surface area contributed by atoms with E-state index >= 15 is 0 Å². The molecule has 0 N–H and O–H groups in total. The van der Waals surface area contributed by atoms with Crippen LogP contribution in [-0.4, -0.2) is 23.1 Å². The molecule has 4 heteroatoms. The molecule has 0 aliphatic heterocycles. The van der Waals surface area contributed by atoms with Crippen LogP contribution in [-0.2, 0) is 0 Å². The third-order valence-electron chi connectivity index (χ3n) is 2.06. The van der Waals surface area contributed by atoms with E-state index in [0.29, 0.717) is 11.9 Å². The average Bonchev–Trinajstić information content (AvgIpc) is 2.86. The predicted molar refractivity (Wildman–Crippen MR) is 43.4 cm³/mol. The highest BCUT2D eigenvalue weighted by molar-refractivity contribution is 5.38. The highest BCUT2D eigenvalue weighted by Crippen LogP contribution is 2.29. The van der Waals surface area contributed by atoms with Crippen molar-refractivity contribution in [2.24, 2.45) is 0 Å². The van der Waals surface area contributed by atoms with Crippen molar-refractivity contribution in [3.63, 3.8) is 0 Å². The van der Waals surface area contributed by atoms with Crippen molar-refractivity contribution in [2.45, 2.75) is 18.9 Å². The van der Waals surface area contributed by atoms with E-state index in [9.17, 15) is 4.39 Å². The quantitative estimate of drug-likeness (QED) is 0.663. The molecule has 12 heavy (non-hydrogen) atoms. The Morgan fingerprint density at radius 2 is 2.08 bits per heavy atom. The van der Waals surface area contributed by atoms with Crippen molar-refractivity contribution in [1.29, 1.82) is 0 Å². The zero-order valence-electron chi connectivity index (χ0n) is 6.87. The third-order valence-corrected chi connectivity index (χ3v) is 2.06. The van der Waals surface area contributed by atoms with Gasteiger partial charge in [-0.2, -0.15) is 4.39 Å². The van der Waals surface area contributed by atoms with Crippen LogP contribution in [0.1, 0.15) is 12.8 Å². The lowest BCUT2D eigenvalue weighted by Crippen LogP contribution is -2.22. The molecule has 1 heterocycles. The molecule has 3 nitrogen and oxygen atoms in total. The van der Waals surface area contributed by atoms with Crippen LogP contribution in [0.25, 0.3) is 0 Å². The number of hydrogen-bond acceptors (Lipinski definition) is 3. The highest BCUT2D eigenvalue weighted by atomic mass is 19.1. The van der Waals surface area contributed by atoms with Crippen molar-refractivity contribution >= 4 is 5.82 Å². The molecule has 64 valence electrons. The van der Waals surface area contributed by atoms with Gasteiger partial charge in [-0.25, -0.2) is 9.97 Å². The molecular formula is C8H10FN3. The van der Waals surface area contributed by atoms with E-state index in [0.717, 1.165) is 12.8 Å². The van der Waals surface area contributed by atoms with E-state index in [4.69, 9.17) is 0 Å². The Morgan fingerprint density at radius 1 is 1.42 bits per heavy atom. The first-order valence-electron chi connectivity index (χ1n) is 3.98. The topological polar surface area (TPSA) is 29.0 Å². The fourth-order valence-corrected chi connectivity index (χ4v) is 1.19. The van der Waals surface area contributed by atoms with Crippen LogP contribution < -0.4 is 4.90 Å². The van der Waals surface area contributed by atoms with E-state index in [1.165, 1.54) is 12.4 Å². The van der Waals surface area contributed by atoms with Gasteiger partial charge in [0.05, 0.1) is 0 Å². The van der Waals surface area contributed by atoms with Crippen molar-refractivity contribution in [3.8, 4) is 0 Å². The van der Waals surface area contributed by atoms with Gasteiger partial charge in [-0.1, -0.05) is 0 Å². The minimum absolute atomic E-state index is 0.361. The largest absolute Gasteiger partial charge is 0.353 e. The van der Waals surface area contributed by atoms with Gasteiger partial charge in [-0.15, -0.1) is 0 Å². The van der Waals surface area contributed by atoms with Gasteiger partial charge in [0, 0.05) is 25.5 Å². The SMILES string of the molecule is CN(c1nccnc1F)C1CC1. The average molecular weight is 167 g/mol. The Hall–Kier alpha value is -1.19. The monoisotopic (exact) mass is 167 g/mol. The van der Waals surface area contributed by atoms with Crippen molar-refractivity contribution in [3.05, 3.63) is 18.3 Å². The van der Waals surface area contributed by atoms with Crippen LogP contribution in [0.3, 0.4) is 0 Å². The standard InChI is InChI=1S/C8H10FN3/c1-12(6-2-3-6)8-7(9)10-4-5-11-8/h4-6H,2-3H2,1H3. The van der Waals surface area contributed by atoms with Gasteiger partial charge in [-0.3, -0.25) is 0 Å². The van der Waals surface area contributed by atoms with Crippen LogP contribution in [0, 0.1) is 5.95 Å². The molecular weight excluding hydrogens is 157 g/mol. The molecule has 0 atom stereocenters. The van der Waals surface area contributed by atoms with Crippen LogP contribution in [0.15, 0.2) is 12.4 Å². The number of rotatable bonds is 2. The lowest BCUT2D eigenvalue weighted by molar-refractivity contribution is 0.571. The summed E-state index contributed by atoms with van der Waals surface area (Å²) < 4.78 is 13.0. The molecule has 2 rings (SSSR count). The molecule has 1 fully saturated rings. The molecule has 1 aliphatic carbocycles. The molecule has 0 spiro atoms. The minimum atomic E-state index is -0.480. The van der Waals surface area contributed by atoms with E-state index in [2.05, 4.69) is 9.97 Å². The summed E-state index contributed by atoms with van der Waals surface area (Å²) in [5, 5.41) is 0. The summed E-state index contributed by atoms with van der Waals surface area (Å²) in [4.78, 5) is 9.32. The van der Waals surface area contributed by atoms with E-state index in [1.807, 2.05) is 11.9 Å². The number of nitrogens with zero attached hydrogens (tertiary/aromatic N) is 3. The molecule has 0 amide bonds. The smallest absolute Gasteiger partial charge is 0.255 e. The van der Waals surface area contributed by atoms with Gasteiger partial charge in [0.1, 0.15) is 0 Å². The summed E-state index contributed by atoms with van der Waals surface area (Å²) in [6.45, 7) is 0. The first kappa shape index (κ1) is 7.46. The summed E-state index contributed by atoms with van der Waals surface area (Å²) in [5.74, 6) is -0.119. The normalized spacial score (nSPS) is 16.2. The first-order valence-corrected chi connectivity index (χ1v) is 3.98. The number of halogens is 1. The summed E-state index contributed by atoms with van der Waals surface area (Å²) in [7, 11) is 1.85. The molecule has 0 saturated heterocycles. The zero-order valence-corrected chi connectivity index (χ0v) is 6.87. The second-order valence-electron chi connectivity index (χ2n) is 3.01. The van der Waals surface area contributed by atoms with Crippen molar-refractivity contribution in [2.75, 3.05) is 11.9 Å². The van der Waals surface area contributed by atoms with Crippen molar-refractivity contribution in [1.82, 2.24) is 9.97 Å². The van der Waals surface area contributed by atoms with Crippen LogP contribution in [0.4, 0.5) is 10.2 Å². The number of aromatic nitrogens is 2. The van der Waals surface area contributed by atoms with E-state index < -0.39 is 5.95 Å². The minimum Gasteiger partial charge on any atom is -0.353 e. The second kappa shape index (κ2) is 2.69. The Morgan fingerprint density at radius 3 is 2.67 bits per heavy atom. The van der Waals surface area contributed by atoms with E-state index in [-0.39, 0.29) is 0 Å². The molecule has 0 unspecified atom stereocenters. The first-order chi connectivity index (χ1) is 5.79. The summed E-state index contributed by atoms with van der Waals surface area (Å²) in [5.41, 5.74) is 0. The number of hydrogen-bond donors (Lipinski definition) is 0. The Kier molecular flexibility index (Phi) is 1.67. The highest BCUT2D eigenvalue weighted by Gasteiger charge is 2.28. The molecule has 0 radical (unpaired) electrons. The van der Waals surface area contributed by atoms with Gasteiger partial charge in [0.15, 0.2) is 5.82 Å². The van der Waals surface area contributed by atoms with Gasteiger partial charge in [-0.05, 0) is 12.8 Å². The molecule has 1 aromatic heterocycles. The molecule has 1 aliphatic rings. The maximum Gasteiger partial charge on any atom is 0.255 e. The summed E-state index contributed by atoms with van der Waals surface area (Å²) >= 11 is 0. The Labute approximate surface area is 70.3 Å². The van der Waals surface area contributed by atoms with Gasteiger partial charge in [0.25, 0.3) is 5.95 Å². The fraction of sp³-hybridized carbons (Fsp3) is 0.500. The maximum atomic E-state index is 13.0. The van der Waals surface area contributed by atoms with Gasteiger partial charge < -0.3 is 4.90 Å². The predicted octanol–water partition coefficient (Wildman–Crippen LogP) is 1.21. The molecule has 1 saturated carbocycles. The van der Waals surface area contributed by atoms with Crippen LogP contribution >= 0.6 is 0 Å².